The van der Waals surface area contributed by atoms with E-state index in [1.807, 2.05) is 18.2 Å². The van der Waals surface area contributed by atoms with Crippen molar-refractivity contribution in [2.75, 3.05) is 7.11 Å². The number of carbonyl (C=O) groups excluding carboxylic acids is 1. The van der Waals surface area contributed by atoms with Crippen molar-refractivity contribution in [2.24, 2.45) is 0 Å². The van der Waals surface area contributed by atoms with Crippen molar-refractivity contribution in [3.8, 4) is 0 Å². The highest BCUT2D eigenvalue weighted by molar-refractivity contribution is 5.96. The summed E-state index contributed by atoms with van der Waals surface area (Å²) in [6, 6.07) is 13.5. The number of hydrogen-bond donors (Lipinski definition) is 0. The number of rotatable bonds is 5. The third-order valence-corrected chi connectivity index (χ3v) is 4.33. The molecule has 0 fully saturated rings. The first-order valence-electron chi connectivity index (χ1n) is 8.37. The van der Waals surface area contributed by atoms with Crippen LogP contribution in [0, 0.1) is 5.82 Å². The topological polar surface area (TPSA) is 61.6 Å². The molecular weight excluding hydrogens is 349 g/mol. The summed E-state index contributed by atoms with van der Waals surface area (Å²) in [6.45, 7) is 0.179. The second-order valence-corrected chi connectivity index (χ2v) is 6.02. The first-order chi connectivity index (χ1) is 13.2. The third-order valence-electron chi connectivity index (χ3n) is 4.33. The second kappa shape index (κ2) is 7.17. The van der Waals surface area contributed by atoms with Gasteiger partial charge in [0.15, 0.2) is 0 Å². The fourth-order valence-electron chi connectivity index (χ4n) is 3.07. The molecule has 0 spiro atoms. The lowest BCUT2D eigenvalue weighted by atomic mass is 10.1. The van der Waals surface area contributed by atoms with Crippen LogP contribution in [0.15, 0.2) is 59.1 Å². The number of nitrogens with zero attached hydrogens (tertiary/aromatic N) is 1. The molecule has 4 rings (SSSR count). The Hall–Kier alpha value is -3.25. The molecule has 136 valence electrons. The Morgan fingerprint density at radius 3 is 2.74 bits per heavy atom. The number of furan rings is 1. The molecule has 0 atom stereocenters. The maximum absolute atomic E-state index is 13.9. The zero-order valence-electron chi connectivity index (χ0n) is 14.6. The summed E-state index contributed by atoms with van der Waals surface area (Å²) < 4.78 is 30.2. The molecule has 27 heavy (non-hydrogen) atoms. The van der Waals surface area contributed by atoms with Gasteiger partial charge in [0.1, 0.15) is 18.0 Å². The van der Waals surface area contributed by atoms with Crippen LogP contribution in [0.3, 0.4) is 0 Å². The number of methoxy groups -OCH3 is 1. The van der Waals surface area contributed by atoms with Crippen molar-refractivity contribution in [2.45, 2.75) is 13.2 Å². The van der Waals surface area contributed by atoms with Crippen LogP contribution in [-0.4, -0.2) is 18.1 Å². The zero-order valence-corrected chi connectivity index (χ0v) is 14.6. The number of halogens is 1. The third kappa shape index (κ3) is 3.15. The number of carbonyl (C=O) groups is 1. The predicted octanol–water partition coefficient (Wildman–Crippen LogP) is 4.62. The monoisotopic (exact) mass is 365 g/mol. The number of ether oxygens (including phenoxy) is 2. The summed E-state index contributed by atoms with van der Waals surface area (Å²) >= 11 is 0. The van der Waals surface area contributed by atoms with Gasteiger partial charge in [-0.25, -0.2) is 9.18 Å². The molecule has 5 nitrogen and oxygen atoms in total. The van der Waals surface area contributed by atoms with Crippen molar-refractivity contribution in [3.05, 3.63) is 77.4 Å². The fraction of sp³-hybridized carbons (Fsp3) is 0.143. The highest BCUT2D eigenvalue weighted by Crippen LogP contribution is 2.28. The largest absolute Gasteiger partial charge is 0.455 e. The average molecular weight is 365 g/mol. The van der Waals surface area contributed by atoms with Gasteiger partial charge in [-0.1, -0.05) is 24.3 Å². The Bertz CT molecular complexity index is 1140. The van der Waals surface area contributed by atoms with Crippen LogP contribution in [0.1, 0.15) is 21.7 Å². The van der Waals surface area contributed by atoms with E-state index in [4.69, 9.17) is 13.9 Å². The van der Waals surface area contributed by atoms with Crippen molar-refractivity contribution < 1.29 is 23.1 Å². The van der Waals surface area contributed by atoms with Gasteiger partial charge in [-0.2, -0.15) is 0 Å². The Balaban J connectivity index is 1.63. The first kappa shape index (κ1) is 17.2. The number of pyridine rings is 1. The number of benzene rings is 2. The molecule has 0 unspecified atom stereocenters. The molecule has 4 aromatic rings. The summed E-state index contributed by atoms with van der Waals surface area (Å²) in [6.07, 6.45) is 1.57. The molecule has 0 aliphatic carbocycles. The van der Waals surface area contributed by atoms with Gasteiger partial charge >= 0.3 is 5.97 Å². The Morgan fingerprint density at radius 1 is 1.07 bits per heavy atom. The molecule has 2 heterocycles. The van der Waals surface area contributed by atoms with Gasteiger partial charge in [-0.15, -0.1) is 0 Å². The SMILES string of the molecule is COCc1c(C(=O)OCc2ccc(F)c3cccnc23)oc2ccccc12. The lowest BCUT2D eigenvalue weighted by molar-refractivity contribution is 0.0434. The van der Waals surface area contributed by atoms with Crippen molar-refractivity contribution in [1.29, 1.82) is 0 Å². The molecule has 0 N–H and O–H groups in total. The van der Waals surface area contributed by atoms with Gasteiger partial charge in [0.05, 0.1) is 12.1 Å². The normalized spacial score (nSPS) is 11.2. The molecule has 0 saturated heterocycles. The van der Waals surface area contributed by atoms with Gasteiger partial charge in [-0.05, 0) is 24.3 Å². The summed E-state index contributed by atoms with van der Waals surface area (Å²) in [5.41, 5.74) is 2.31. The van der Waals surface area contributed by atoms with E-state index in [-0.39, 0.29) is 24.8 Å². The van der Waals surface area contributed by atoms with Crippen LogP contribution in [0.2, 0.25) is 0 Å². The van der Waals surface area contributed by atoms with Crippen LogP contribution in [-0.2, 0) is 22.7 Å². The summed E-state index contributed by atoms with van der Waals surface area (Å²) in [4.78, 5) is 16.8. The minimum atomic E-state index is -0.605. The average Bonchev–Trinajstić information content (AvgIpc) is 3.07. The molecular formula is C21H16FNO4. The minimum Gasteiger partial charge on any atom is -0.455 e. The van der Waals surface area contributed by atoms with Crippen molar-refractivity contribution >= 4 is 27.8 Å². The maximum Gasteiger partial charge on any atom is 0.374 e. The van der Waals surface area contributed by atoms with E-state index in [0.29, 0.717) is 27.6 Å². The molecule has 0 aliphatic rings. The number of aromatic nitrogens is 1. The maximum atomic E-state index is 13.9. The van der Waals surface area contributed by atoms with E-state index in [1.165, 1.54) is 6.07 Å². The quantitative estimate of drug-likeness (QED) is 0.483. The molecule has 2 aromatic heterocycles. The second-order valence-electron chi connectivity index (χ2n) is 6.02. The van der Waals surface area contributed by atoms with Gasteiger partial charge in [0.2, 0.25) is 5.76 Å². The first-order valence-corrected chi connectivity index (χ1v) is 8.37. The van der Waals surface area contributed by atoms with Gasteiger partial charge in [0, 0.05) is 35.2 Å². The predicted molar refractivity (Wildman–Crippen MR) is 97.7 cm³/mol. The number of esters is 1. The van der Waals surface area contributed by atoms with Crippen molar-refractivity contribution in [3.63, 3.8) is 0 Å². The van der Waals surface area contributed by atoms with E-state index < -0.39 is 5.97 Å². The van der Waals surface area contributed by atoms with Crippen LogP contribution < -0.4 is 0 Å². The van der Waals surface area contributed by atoms with Gasteiger partial charge < -0.3 is 13.9 Å². The molecule has 2 aromatic carbocycles. The van der Waals surface area contributed by atoms with E-state index in [0.717, 1.165) is 5.39 Å². The fourth-order valence-corrected chi connectivity index (χ4v) is 3.07. The highest BCUT2D eigenvalue weighted by atomic mass is 19.1. The molecule has 0 aliphatic heterocycles. The summed E-state index contributed by atoms with van der Waals surface area (Å²) in [5.74, 6) is -0.864. The summed E-state index contributed by atoms with van der Waals surface area (Å²) in [7, 11) is 1.55. The molecule has 0 bridgehead atoms. The summed E-state index contributed by atoms with van der Waals surface area (Å²) in [5, 5.41) is 1.19. The molecule has 6 heteroatoms. The van der Waals surface area contributed by atoms with Crippen LogP contribution in [0.25, 0.3) is 21.9 Å². The zero-order chi connectivity index (χ0) is 18.8. The molecule has 0 saturated carbocycles. The van der Waals surface area contributed by atoms with E-state index in [2.05, 4.69) is 4.98 Å². The van der Waals surface area contributed by atoms with Gasteiger partial charge in [-0.3, -0.25) is 4.98 Å². The lowest BCUT2D eigenvalue weighted by Crippen LogP contribution is -2.08. The van der Waals surface area contributed by atoms with Crippen LogP contribution in [0.5, 0.6) is 0 Å². The van der Waals surface area contributed by atoms with Gasteiger partial charge in [0.25, 0.3) is 0 Å². The Kier molecular flexibility index (Phi) is 4.56. The van der Waals surface area contributed by atoms with E-state index >= 15 is 0 Å². The number of hydrogen-bond acceptors (Lipinski definition) is 5. The Labute approximate surface area is 154 Å². The Morgan fingerprint density at radius 2 is 1.89 bits per heavy atom. The van der Waals surface area contributed by atoms with E-state index in [9.17, 15) is 9.18 Å². The van der Waals surface area contributed by atoms with Crippen molar-refractivity contribution in [1.82, 2.24) is 4.98 Å². The van der Waals surface area contributed by atoms with E-state index in [1.54, 1.807) is 37.6 Å². The lowest BCUT2D eigenvalue weighted by Gasteiger charge is -2.08. The molecule has 0 radical (unpaired) electrons. The smallest absolute Gasteiger partial charge is 0.374 e. The highest BCUT2D eigenvalue weighted by Gasteiger charge is 2.22. The van der Waals surface area contributed by atoms with Crippen LogP contribution >= 0.6 is 0 Å². The minimum absolute atomic E-state index is 0.0455. The molecule has 0 amide bonds. The number of fused-ring (bicyclic) bond motifs is 2. The van der Waals surface area contributed by atoms with Crippen LogP contribution in [0.4, 0.5) is 4.39 Å². The standard InChI is InChI=1S/C21H16FNO4/c1-25-12-16-14-5-2-3-7-18(14)27-20(16)21(24)26-11-13-8-9-17(22)15-6-4-10-23-19(13)15/h2-10H,11-12H2,1H3. The number of para-hydroxylation sites is 1.